The number of carbonyl (C=O) groups excluding carboxylic acids is 1. The summed E-state index contributed by atoms with van der Waals surface area (Å²) in [6, 6.07) is 6.74. The van der Waals surface area contributed by atoms with Crippen molar-refractivity contribution in [2.45, 2.75) is 6.42 Å². The van der Waals surface area contributed by atoms with E-state index in [0.29, 0.717) is 11.3 Å². The first kappa shape index (κ1) is 15.9. The topological polar surface area (TPSA) is 26.3 Å². The van der Waals surface area contributed by atoms with Crippen LogP contribution in [-0.2, 0) is 6.42 Å². The highest BCUT2D eigenvalue weighted by atomic mass is 79.9. The standard InChI is InChI=1S/C15H10BrClF2O2/c1-21-15-3-2-9(16)4-8(15)5-14(20)10-6-13(19)11(17)7-12(10)18/h2-4,6-7H,5H2,1H3. The van der Waals surface area contributed by atoms with Gasteiger partial charge < -0.3 is 4.74 Å². The van der Waals surface area contributed by atoms with Gasteiger partial charge in [-0.2, -0.15) is 0 Å². The van der Waals surface area contributed by atoms with Crippen molar-refractivity contribution >= 4 is 33.3 Å². The van der Waals surface area contributed by atoms with E-state index >= 15 is 0 Å². The van der Waals surface area contributed by atoms with E-state index in [9.17, 15) is 13.6 Å². The maximum absolute atomic E-state index is 13.7. The summed E-state index contributed by atoms with van der Waals surface area (Å²) in [6.07, 6.45) is -0.111. The van der Waals surface area contributed by atoms with Gasteiger partial charge in [0.2, 0.25) is 0 Å². The quantitative estimate of drug-likeness (QED) is 0.566. The van der Waals surface area contributed by atoms with Gasteiger partial charge in [0, 0.05) is 16.5 Å². The summed E-state index contributed by atoms with van der Waals surface area (Å²) in [6.45, 7) is 0. The van der Waals surface area contributed by atoms with Crippen LogP contribution >= 0.6 is 27.5 Å². The minimum Gasteiger partial charge on any atom is -0.496 e. The summed E-state index contributed by atoms with van der Waals surface area (Å²) in [7, 11) is 1.47. The van der Waals surface area contributed by atoms with Crippen molar-refractivity contribution in [3.8, 4) is 5.75 Å². The Morgan fingerprint density at radius 1 is 1.24 bits per heavy atom. The van der Waals surface area contributed by atoms with Gasteiger partial charge in [-0.15, -0.1) is 0 Å². The summed E-state index contributed by atoms with van der Waals surface area (Å²) >= 11 is 8.76. The molecule has 2 rings (SSSR count). The number of rotatable bonds is 4. The molecular weight excluding hydrogens is 366 g/mol. The summed E-state index contributed by atoms with van der Waals surface area (Å²) < 4.78 is 33.0. The highest BCUT2D eigenvalue weighted by molar-refractivity contribution is 9.10. The summed E-state index contributed by atoms with van der Waals surface area (Å²) in [4.78, 5) is 12.2. The van der Waals surface area contributed by atoms with Crippen LogP contribution in [0.3, 0.4) is 0 Å². The first-order valence-corrected chi connectivity index (χ1v) is 7.09. The molecule has 0 amide bonds. The van der Waals surface area contributed by atoms with E-state index in [1.165, 1.54) is 7.11 Å². The van der Waals surface area contributed by atoms with Crippen LogP contribution in [0.25, 0.3) is 0 Å². The number of hydrogen-bond acceptors (Lipinski definition) is 2. The molecule has 110 valence electrons. The number of Topliss-reactive ketones (excluding diaryl/α,β-unsaturated/α-hetero) is 1. The van der Waals surface area contributed by atoms with Gasteiger partial charge in [0.25, 0.3) is 0 Å². The number of halogens is 4. The molecule has 0 atom stereocenters. The maximum atomic E-state index is 13.7. The first-order valence-electron chi connectivity index (χ1n) is 5.92. The SMILES string of the molecule is COc1ccc(Br)cc1CC(=O)c1cc(F)c(Cl)cc1F. The third kappa shape index (κ3) is 3.60. The number of ketones is 1. The average Bonchev–Trinajstić information content (AvgIpc) is 2.43. The van der Waals surface area contributed by atoms with Crippen molar-refractivity contribution < 1.29 is 18.3 Å². The second-order valence-electron chi connectivity index (χ2n) is 4.30. The smallest absolute Gasteiger partial charge is 0.170 e. The largest absolute Gasteiger partial charge is 0.496 e. The van der Waals surface area contributed by atoms with Gasteiger partial charge in [-0.1, -0.05) is 27.5 Å². The Morgan fingerprint density at radius 3 is 2.62 bits per heavy atom. The highest BCUT2D eigenvalue weighted by Crippen LogP contribution is 2.26. The van der Waals surface area contributed by atoms with Crippen molar-refractivity contribution in [1.82, 2.24) is 0 Å². The number of methoxy groups -OCH3 is 1. The van der Waals surface area contributed by atoms with E-state index in [2.05, 4.69) is 15.9 Å². The first-order chi connectivity index (χ1) is 9.92. The number of hydrogen-bond donors (Lipinski definition) is 0. The van der Waals surface area contributed by atoms with Crippen LogP contribution in [0, 0.1) is 11.6 Å². The second kappa shape index (κ2) is 6.54. The van der Waals surface area contributed by atoms with Gasteiger partial charge in [-0.25, -0.2) is 8.78 Å². The zero-order chi connectivity index (χ0) is 15.6. The number of benzene rings is 2. The Labute approximate surface area is 133 Å². The second-order valence-corrected chi connectivity index (χ2v) is 5.63. The zero-order valence-electron chi connectivity index (χ0n) is 10.9. The molecule has 0 radical (unpaired) electrons. The summed E-state index contributed by atoms with van der Waals surface area (Å²) in [5.41, 5.74) is 0.241. The van der Waals surface area contributed by atoms with Crippen LogP contribution in [0.1, 0.15) is 15.9 Å². The van der Waals surface area contributed by atoms with Crippen molar-refractivity contribution in [1.29, 1.82) is 0 Å². The van der Waals surface area contributed by atoms with Gasteiger partial charge in [0.15, 0.2) is 5.78 Å². The molecule has 0 bridgehead atoms. The van der Waals surface area contributed by atoms with E-state index in [4.69, 9.17) is 16.3 Å². The lowest BCUT2D eigenvalue weighted by Crippen LogP contribution is -2.08. The Hall–Kier alpha value is -1.46. The van der Waals surface area contributed by atoms with Crippen LogP contribution in [0.2, 0.25) is 5.02 Å². The van der Waals surface area contributed by atoms with Crippen LogP contribution in [0.4, 0.5) is 8.78 Å². The van der Waals surface area contributed by atoms with Gasteiger partial charge in [-0.3, -0.25) is 4.79 Å². The molecule has 0 aromatic heterocycles. The van der Waals surface area contributed by atoms with E-state index < -0.39 is 17.4 Å². The van der Waals surface area contributed by atoms with Crippen molar-refractivity contribution in [3.05, 3.63) is 62.6 Å². The Morgan fingerprint density at radius 2 is 1.95 bits per heavy atom. The van der Waals surface area contributed by atoms with Crippen molar-refractivity contribution in [2.24, 2.45) is 0 Å². The Bertz CT molecular complexity index is 704. The lowest BCUT2D eigenvalue weighted by atomic mass is 10.0. The predicted molar refractivity (Wildman–Crippen MR) is 80.1 cm³/mol. The van der Waals surface area contributed by atoms with E-state index in [-0.39, 0.29) is 17.0 Å². The average molecular weight is 376 g/mol. The van der Waals surface area contributed by atoms with E-state index in [1.807, 2.05) is 0 Å². The molecule has 0 aliphatic carbocycles. The van der Waals surface area contributed by atoms with Crippen molar-refractivity contribution in [3.63, 3.8) is 0 Å². The summed E-state index contributed by atoms with van der Waals surface area (Å²) in [5, 5.41) is -0.357. The lowest BCUT2D eigenvalue weighted by Gasteiger charge is -2.09. The highest BCUT2D eigenvalue weighted by Gasteiger charge is 2.17. The number of ether oxygens (including phenoxy) is 1. The van der Waals surface area contributed by atoms with E-state index in [0.717, 1.165) is 16.6 Å². The van der Waals surface area contributed by atoms with Crippen LogP contribution < -0.4 is 4.74 Å². The molecule has 6 heteroatoms. The fourth-order valence-corrected chi connectivity index (χ4v) is 2.45. The maximum Gasteiger partial charge on any atom is 0.170 e. The number of carbonyl (C=O) groups is 1. The Kier molecular flexibility index (Phi) is 4.96. The van der Waals surface area contributed by atoms with Crippen LogP contribution in [-0.4, -0.2) is 12.9 Å². The summed E-state index contributed by atoms with van der Waals surface area (Å²) in [5.74, 6) is -1.73. The minimum atomic E-state index is -0.847. The molecule has 2 aromatic rings. The third-order valence-electron chi connectivity index (χ3n) is 2.90. The molecule has 2 aromatic carbocycles. The molecule has 0 saturated heterocycles. The van der Waals surface area contributed by atoms with E-state index in [1.54, 1.807) is 18.2 Å². The van der Waals surface area contributed by atoms with Crippen LogP contribution in [0.15, 0.2) is 34.8 Å². The van der Waals surface area contributed by atoms with Crippen LogP contribution in [0.5, 0.6) is 5.75 Å². The molecular formula is C15H10BrClF2O2. The molecule has 0 aliphatic rings. The molecule has 0 spiro atoms. The van der Waals surface area contributed by atoms with Gasteiger partial charge in [0.05, 0.1) is 17.7 Å². The lowest BCUT2D eigenvalue weighted by molar-refractivity contribution is 0.0987. The van der Waals surface area contributed by atoms with Gasteiger partial charge >= 0.3 is 0 Å². The zero-order valence-corrected chi connectivity index (χ0v) is 13.3. The molecule has 0 heterocycles. The van der Waals surface area contributed by atoms with Crippen molar-refractivity contribution in [2.75, 3.05) is 7.11 Å². The fraction of sp³-hybridized carbons (Fsp3) is 0.133. The molecule has 0 saturated carbocycles. The third-order valence-corrected chi connectivity index (χ3v) is 3.69. The normalized spacial score (nSPS) is 10.5. The Balaban J connectivity index is 2.34. The molecule has 0 unspecified atom stereocenters. The monoisotopic (exact) mass is 374 g/mol. The molecule has 0 aliphatic heterocycles. The molecule has 21 heavy (non-hydrogen) atoms. The molecule has 0 N–H and O–H groups in total. The predicted octanol–water partition coefficient (Wildman–Crippen LogP) is 4.81. The minimum absolute atomic E-state index is 0.111. The molecule has 0 fully saturated rings. The fourth-order valence-electron chi connectivity index (χ4n) is 1.89. The molecule has 2 nitrogen and oxygen atoms in total. The van der Waals surface area contributed by atoms with Gasteiger partial charge in [-0.05, 0) is 30.3 Å². The van der Waals surface area contributed by atoms with Gasteiger partial charge in [0.1, 0.15) is 17.4 Å².